The van der Waals surface area contributed by atoms with Gasteiger partial charge in [-0.05, 0) is 62.7 Å². The number of aryl methyl sites for hydroxylation is 1. The number of alkyl halides is 4. The summed E-state index contributed by atoms with van der Waals surface area (Å²) < 4.78 is 48.2. The zero-order chi connectivity index (χ0) is 27.4. The molecule has 3 aromatic rings. The first-order valence-corrected chi connectivity index (χ1v) is 10.9. The fourth-order valence-corrected chi connectivity index (χ4v) is 2.94. The zero-order valence-electron chi connectivity index (χ0n) is 20.8. The van der Waals surface area contributed by atoms with Gasteiger partial charge in [-0.1, -0.05) is 18.7 Å². The van der Waals surface area contributed by atoms with Gasteiger partial charge < -0.3 is 5.32 Å². The summed E-state index contributed by atoms with van der Waals surface area (Å²) >= 11 is 0. The van der Waals surface area contributed by atoms with Crippen LogP contribution in [0.1, 0.15) is 36.4 Å². The van der Waals surface area contributed by atoms with Crippen LogP contribution in [0, 0.1) is 6.92 Å². The molecule has 0 saturated heterocycles. The van der Waals surface area contributed by atoms with Gasteiger partial charge >= 0.3 is 6.18 Å². The fourth-order valence-electron chi connectivity index (χ4n) is 2.94. The van der Waals surface area contributed by atoms with Crippen LogP contribution in [-0.2, 0) is 6.18 Å². The van der Waals surface area contributed by atoms with Crippen molar-refractivity contribution in [1.29, 1.82) is 0 Å². The van der Waals surface area contributed by atoms with Crippen molar-refractivity contribution in [2.24, 2.45) is 10.1 Å². The van der Waals surface area contributed by atoms with Crippen molar-refractivity contribution in [2.45, 2.75) is 26.9 Å². The molecule has 194 valence electrons. The molecule has 3 rings (SSSR count). The molecular formula is C26H27F4N7. The number of nitrogens with zero attached hydrogens (tertiary/aromatic N) is 5. The smallest absolute Gasteiger partial charge is 0.354 e. The molecule has 0 bridgehead atoms. The second kappa shape index (κ2) is 13.6. The zero-order valence-corrected chi connectivity index (χ0v) is 20.8. The second-order valence-electron chi connectivity index (χ2n) is 7.50. The van der Waals surface area contributed by atoms with Crippen LogP contribution in [0.15, 0.2) is 83.3 Å². The van der Waals surface area contributed by atoms with Crippen molar-refractivity contribution in [1.82, 2.24) is 15.0 Å². The van der Waals surface area contributed by atoms with E-state index in [9.17, 15) is 17.6 Å². The highest BCUT2D eigenvalue weighted by Crippen LogP contribution is 2.31. The molecular weight excluding hydrogens is 486 g/mol. The van der Waals surface area contributed by atoms with Crippen LogP contribution in [0.3, 0.4) is 0 Å². The quantitative estimate of drug-likeness (QED) is 0.195. The molecule has 7 nitrogen and oxygen atoms in total. The summed E-state index contributed by atoms with van der Waals surface area (Å²) in [6, 6.07) is 8.31. The maximum Gasteiger partial charge on any atom is 0.416 e. The Labute approximate surface area is 212 Å². The summed E-state index contributed by atoms with van der Waals surface area (Å²) in [6.07, 6.45) is 3.95. The van der Waals surface area contributed by atoms with E-state index in [1.165, 1.54) is 18.5 Å². The Morgan fingerprint density at radius 2 is 1.81 bits per heavy atom. The lowest BCUT2D eigenvalue weighted by molar-refractivity contribution is -0.137. The molecule has 0 radical (unpaired) electrons. The lowest BCUT2D eigenvalue weighted by Gasteiger charge is -2.10. The number of benzene rings is 1. The summed E-state index contributed by atoms with van der Waals surface area (Å²) in [5, 5.41) is 7.02. The topological polar surface area (TPSA) is 87.5 Å². The Morgan fingerprint density at radius 3 is 2.43 bits per heavy atom. The number of hydrogen-bond donors (Lipinski definition) is 2. The van der Waals surface area contributed by atoms with Gasteiger partial charge in [0.25, 0.3) is 0 Å². The van der Waals surface area contributed by atoms with Gasteiger partial charge in [-0.25, -0.2) is 15.4 Å². The molecule has 0 amide bonds. The molecule has 0 unspecified atom stereocenters. The van der Waals surface area contributed by atoms with Crippen molar-refractivity contribution < 1.29 is 17.6 Å². The number of aliphatic imine (C=N–C) groups is 1. The monoisotopic (exact) mass is 513 g/mol. The molecule has 0 aliphatic heterocycles. The molecule has 2 heterocycles. The highest BCUT2D eigenvalue weighted by molar-refractivity contribution is 6.08. The predicted octanol–water partition coefficient (Wildman–Crippen LogP) is 6.87. The Balaban J connectivity index is 0.00000235. The van der Waals surface area contributed by atoms with Crippen molar-refractivity contribution in [3.8, 4) is 0 Å². The minimum Gasteiger partial charge on any atom is -0.354 e. The first-order chi connectivity index (χ1) is 17.7. The third kappa shape index (κ3) is 8.95. The van der Waals surface area contributed by atoms with Crippen LogP contribution in [-0.4, -0.2) is 34.1 Å². The van der Waals surface area contributed by atoms with Gasteiger partial charge in [0, 0.05) is 17.6 Å². The van der Waals surface area contributed by atoms with Gasteiger partial charge in [-0.15, -0.1) is 0 Å². The van der Waals surface area contributed by atoms with Gasteiger partial charge in [0.1, 0.15) is 0 Å². The lowest BCUT2D eigenvalue weighted by Crippen LogP contribution is -2.08. The summed E-state index contributed by atoms with van der Waals surface area (Å²) in [5.41, 5.74) is 6.24. The third-order valence-corrected chi connectivity index (χ3v) is 4.48. The van der Waals surface area contributed by atoms with Crippen molar-refractivity contribution in [3.05, 3.63) is 95.7 Å². The Hall–Kier alpha value is -4.41. The molecule has 11 heteroatoms. The highest BCUT2D eigenvalue weighted by Gasteiger charge is 2.30. The first kappa shape index (κ1) is 28.8. The first-order valence-electron chi connectivity index (χ1n) is 10.9. The number of rotatable bonds is 8. The Bertz CT molecular complexity index is 1280. The Kier molecular flexibility index (Phi) is 10.6. The maximum absolute atomic E-state index is 12.9. The summed E-state index contributed by atoms with van der Waals surface area (Å²) in [6.45, 7) is 9.40. The van der Waals surface area contributed by atoms with Gasteiger partial charge in [-0.3, -0.25) is 14.4 Å². The van der Waals surface area contributed by atoms with Gasteiger partial charge in [0.2, 0.25) is 5.95 Å². The summed E-state index contributed by atoms with van der Waals surface area (Å²) in [4.78, 5) is 17.4. The molecule has 0 saturated carbocycles. The SMILES string of the molecule is C=C(C)N=C(/C=C\C)c1nc(N/N=C/c2ccc(Nc3cccc(C(F)(F)F)c3)cn2)ncc1C.CF. The molecule has 2 aromatic heterocycles. The van der Waals surface area contributed by atoms with E-state index in [2.05, 4.69) is 42.4 Å². The number of aromatic nitrogens is 3. The molecule has 2 N–H and O–H groups in total. The maximum atomic E-state index is 12.9. The molecule has 1 aromatic carbocycles. The summed E-state index contributed by atoms with van der Waals surface area (Å²) in [7, 11) is 0.500. The van der Waals surface area contributed by atoms with Crippen LogP contribution in [0.25, 0.3) is 0 Å². The number of nitrogens with one attached hydrogen (secondary N) is 2. The summed E-state index contributed by atoms with van der Waals surface area (Å²) in [5.74, 6) is 0.281. The molecule has 37 heavy (non-hydrogen) atoms. The lowest BCUT2D eigenvalue weighted by atomic mass is 10.1. The van der Waals surface area contributed by atoms with Crippen LogP contribution >= 0.6 is 0 Å². The van der Waals surface area contributed by atoms with E-state index in [-0.39, 0.29) is 5.95 Å². The largest absolute Gasteiger partial charge is 0.416 e. The number of halogens is 4. The Morgan fingerprint density at radius 1 is 1.05 bits per heavy atom. The van der Waals surface area contributed by atoms with Gasteiger partial charge in [0.05, 0.1) is 47.9 Å². The number of pyridine rings is 1. The van der Waals surface area contributed by atoms with Crippen molar-refractivity contribution in [2.75, 3.05) is 17.9 Å². The van der Waals surface area contributed by atoms with E-state index in [0.717, 1.165) is 17.7 Å². The second-order valence-corrected chi connectivity index (χ2v) is 7.50. The van der Waals surface area contributed by atoms with Crippen molar-refractivity contribution in [3.63, 3.8) is 0 Å². The van der Waals surface area contributed by atoms with E-state index in [1.807, 2.05) is 26.0 Å². The van der Waals surface area contributed by atoms with Crippen LogP contribution in [0.4, 0.5) is 34.9 Å². The van der Waals surface area contributed by atoms with Gasteiger partial charge in [0.15, 0.2) is 0 Å². The van der Waals surface area contributed by atoms with E-state index < -0.39 is 11.7 Å². The fraction of sp³-hybridized carbons (Fsp3) is 0.192. The van der Waals surface area contributed by atoms with Crippen LogP contribution in [0.5, 0.6) is 0 Å². The third-order valence-electron chi connectivity index (χ3n) is 4.48. The minimum atomic E-state index is -4.41. The normalized spacial score (nSPS) is 11.8. The molecule has 0 aliphatic carbocycles. The molecule has 0 spiro atoms. The van der Waals surface area contributed by atoms with Gasteiger partial charge in [-0.2, -0.15) is 18.3 Å². The number of hydrogen-bond acceptors (Lipinski definition) is 7. The number of allylic oxidation sites excluding steroid dienone is 3. The standard InChI is InChI=1S/C25H24F3N7.CH3F/c1-5-7-22(32-16(2)3)23-17(4)13-30-24(34-23)35-31-15-20-10-11-21(14-29-20)33-19-9-6-8-18(12-19)25(26,27)28;1-2/h5-15,33H,2H2,1,3-4H3,(H,30,34,35);1H3/b7-5-,31-15+,32-22?;. The molecule has 0 aliphatic rings. The number of hydrazone groups is 1. The predicted molar refractivity (Wildman–Crippen MR) is 140 cm³/mol. The molecule has 0 fully saturated rings. The van der Waals surface area contributed by atoms with Crippen LogP contribution in [0.2, 0.25) is 0 Å². The van der Waals surface area contributed by atoms with Crippen LogP contribution < -0.4 is 10.7 Å². The van der Waals surface area contributed by atoms with E-state index in [0.29, 0.717) is 41.3 Å². The van der Waals surface area contributed by atoms with E-state index >= 15 is 0 Å². The van der Waals surface area contributed by atoms with Crippen molar-refractivity contribution >= 4 is 29.2 Å². The minimum absolute atomic E-state index is 0.281. The molecule has 0 atom stereocenters. The number of anilines is 3. The van der Waals surface area contributed by atoms with E-state index in [4.69, 9.17) is 0 Å². The van der Waals surface area contributed by atoms with E-state index in [1.54, 1.807) is 31.3 Å². The average molecular weight is 514 g/mol. The average Bonchev–Trinajstić information content (AvgIpc) is 2.86. The highest BCUT2D eigenvalue weighted by atomic mass is 19.4.